The Bertz CT molecular complexity index is 1030. The fraction of sp³-hybridized carbons (Fsp3) is 0.429. The van der Waals surface area contributed by atoms with Gasteiger partial charge in [0.05, 0.1) is 22.6 Å². The van der Waals surface area contributed by atoms with Crippen LogP contribution in [0.5, 0.6) is 5.75 Å². The number of likely N-dealkylation sites (tertiary alicyclic amines) is 1. The Morgan fingerprint density at radius 2 is 2.10 bits per heavy atom. The van der Waals surface area contributed by atoms with Gasteiger partial charge in [0.2, 0.25) is 5.91 Å². The molecule has 1 aliphatic rings. The molecule has 1 fully saturated rings. The number of thioether (sulfide) groups is 1. The summed E-state index contributed by atoms with van der Waals surface area (Å²) in [6, 6.07) is 7.79. The van der Waals surface area contributed by atoms with E-state index < -0.39 is 0 Å². The number of aryl methyl sites for hydroxylation is 1. The number of amides is 1. The lowest BCUT2D eigenvalue weighted by Gasteiger charge is -2.30. The number of rotatable bonds is 5. The number of methoxy groups -OCH3 is 1. The molecule has 1 aliphatic heterocycles. The summed E-state index contributed by atoms with van der Waals surface area (Å²) in [5.41, 5.74) is 2.57. The highest BCUT2D eigenvalue weighted by Gasteiger charge is 2.22. The van der Waals surface area contributed by atoms with E-state index in [0.717, 1.165) is 63.2 Å². The van der Waals surface area contributed by atoms with E-state index in [-0.39, 0.29) is 5.91 Å². The highest BCUT2D eigenvalue weighted by Crippen LogP contribution is 2.36. The first-order valence-electron chi connectivity index (χ1n) is 9.74. The highest BCUT2D eigenvalue weighted by molar-refractivity contribution is 8.00. The van der Waals surface area contributed by atoms with Crippen molar-refractivity contribution < 1.29 is 9.53 Å². The smallest absolute Gasteiger partial charge is 0.232 e. The minimum absolute atomic E-state index is 0.167. The Morgan fingerprint density at radius 3 is 2.86 bits per heavy atom. The van der Waals surface area contributed by atoms with Gasteiger partial charge in [-0.25, -0.2) is 4.98 Å². The van der Waals surface area contributed by atoms with Crippen LogP contribution >= 0.6 is 23.1 Å². The van der Waals surface area contributed by atoms with Crippen LogP contribution < -0.4 is 4.74 Å². The number of hydrogen-bond donors (Lipinski definition) is 0. The zero-order chi connectivity index (χ0) is 20.4. The van der Waals surface area contributed by atoms with Crippen molar-refractivity contribution in [3.8, 4) is 17.0 Å². The van der Waals surface area contributed by atoms with Crippen molar-refractivity contribution in [3.63, 3.8) is 0 Å². The minimum Gasteiger partial charge on any atom is -0.497 e. The highest BCUT2D eigenvalue weighted by atomic mass is 32.2. The number of aromatic nitrogens is 3. The fourth-order valence-corrected chi connectivity index (χ4v) is 5.27. The van der Waals surface area contributed by atoms with Gasteiger partial charge in [-0.05, 0) is 37.8 Å². The quantitative estimate of drug-likeness (QED) is 0.560. The van der Waals surface area contributed by atoms with Gasteiger partial charge in [-0.1, -0.05) is 30.8 Å². The molecule has 1 aromatic carbocycles. The zero-order valence-corrected chi connectivity index (χ0v) is 18.5. The summed E-state index contributed by atoms with van der Waals surface area (Å²) in [6.45, 7) is 5.93. The largest absolute Gasteiger partial charge is 0.497 e. The number of carbonyl (C=O) groups is 1. The fourth-order valence-electron chi connectivity index (χ4n) is 3.46. The molecule has 0 spiro atoms. The molecule has 8 heteroatoms. The van der Waals surface area contributed by atoms with Gasteiger partial charge in [0.1, 0.15) is 22.0 Å². The average Bonchev–Trinajstić information content (AvgIpc) is 3.13. The second-order valence-corrected chi connectivity index (χ2v) is 9.52. The topological polar surface area (TPSA) is 68.2 Å². The van der Waals surface area contributed by atoms with Gasteiger partial charge in [0.25, 0.3) is 0 Å². The monoisotopic (exact) mass is 428 g/mol. The van der Waals surface area contributed by atoms with Gasteiger partial charge in [0, 0.05) is 18.7 Å². The van der Waals surface area contributed by atoms with Crippen molar-refractivity contribution in [1.29, 1.82) is 0 Å². The number of nitrogens with zero attached hydrogens (tertiary/aromatic N) is 4. The number of ether oxygens (including phenoxy) is 1. The molecule has 1 saturated heterocycles. The molecule has 1 amide bonds. The minimum atomic E-state index is 0.167. The lowest BCUT2D eigenvalue weighted by atomic mass is 9.99. The van der Waals surface area contributed by atoms with Crippen LogP contribution in [0.2, 0.25) is 0 Å². The molecule has 0 N–H and O–H groups in total. The van der Waals surface area contributed by atoms with Crippen LogP contribution in [-0.4, -0.2) is 51.9 Å². The van der Waals surface area contributed by atoms with E-state index in [9.17, 15) is 4.79 Å². The molecule has 0 radical (unpaired) electrons. The number of hydrogen-bond acceptors (Lipinski definition) is 7. The van der Waals surface area contributed by atoms with E-state index in [4.69, 9.17) is 4.74 Å². The third-order valence-electron chi connectivity index (χ3n) is 5.20. The van der Waals surface area contributed by atoms with E-state index in [0.29, 0.717) is 11.7 Å². The Kier molecular flexibility index (Phi) is 6.01. The maximum absolute atomic E-state index is 12.6. The van der Waals surface area contributed by atoms with E-state index in [1.165, 1.54) is 11.8 Å². The van der Waals surface area contributed by atoms with Crippen LogP contribution in [-0.2, 0) is 4.79 Å². The van der Waals surface area contributed by atoms with Crippen molar-refractivity contribution in [2.75, 3.05) is 26.0 Å². The summed E-state index contributed by atoms with van der Waals surface area (Å²) in [4.78, 5) is 19.3. The van der Waals surface area contributed by atoms with Crippen molar-refractivity contribution >= 4 is 39.2 Å². The lowest BCUT2D eigenvalue weighted by molar-refractivity contribution is -0.129. The second kappa shape index (κ2) is 8.67. The van der Waals surface area contributed by atoms with Crippen LogP contribution in [0, 0.1) is 12.8 Å². The Hall–Kier alpha value is -2.19. The third-order valence-corrected chi connectivity index (χ3v) is 7.12. The predicted molar refractivity (Wildman–Crippen MR) is 118 cm³/mol. The average molecular weight is 429 g/mol. The summed E-state index contributed by atoms with van der Waals surface area (Å²) >= 11 is 3.03. The molecule has 0 bridgehead atoms. The first-order chi connectivity index (χ1) is 14.0. The molecule has 0 atom stereocenters. The summed E-state index contributed by atoms with van der Waals surface area (Å²) in [5.74, 6) is 2.02. The molecule has 0 aliphatic carbocycles. The van der Waals surface area contributed by atoms with Crippen LogP contribution in [0.25, 0.3) is 21.5 Å². The Labute approximate surface area is 178 Å². The molecule has 2 aromatic heterocycles. The molecule has 3 heterocycles. The summed E-state index contributed by atoms with van der Waals surface area (Å²) in [5, 5.41) is 10.6. The number of carbonyl (C=O) groups excluding carboxylic acids is 1. The van der Waals surface area contributed by atoms with Gasteiger partial charge >= 0.3 is 0 Å². The van der Waals surface area contributed by atoms with Crippen LogP contribution in [0.15, 0.2) is 29.3 Å². The molecule has 0 saturated carbocycles. The molecular weight excluding hydrogens is 404 g/mol. The number of benzene rings is 1. The Balaban J connectivity index is 1.57. The second-order valence-electron chi connectivity index (χ2n) is 7.35. The normalized spacial score (nSPS) is 15.1. The van der Waals surface area contributed by atoms with Gasteiger partial charge in [0.15, 0.2) is 0 Å². The summed E-state index contributed by atoms with van der Waals surface area (Å²) < 4.78 is 6.33. The van der Waals surface area contributed by atoms with Gasteiger partial charge < -0.3 is 9.64 Å². The molecular formula is C21H24N4O2S2. The zero-order valence-electron chi connectivity index (χ0n) is 16.8. The van der Waals surface area contributed by atoms with E-state index in [1.54, 1.807) is 18.4 Å². The van der Waals surface area contributed by atoms with Crippen LogP contribution in [0.1, 0.15) is 24.8 Å². The molecule has 6 nitrogen and oxygen atoms in total. The first kappa shape index (κ1) is 20.1. The number of fused-ring (bicyclic) bond motifs is 1. The maximum atomic E-state index is 12.6. The summed E-state index contributed by atoms with van der Waals surface area (Å²) in [6.07, 6.45) is 2.17. The molecule has 152 valence electrons. The van der Waals surface area contributed by atoms with Gasteiger partial charge in [-0.3, -0.25) is 4.79 Å². The molecule has 0 unspecified atom stereocenters. The van der Waals surface area contributed by atoms with Crippen molar-refractivity contribution in [3.05, 3.63) is 29.3 Å². The third kappa shape index (κ3) is 4.38. The van der Waals surface area contributed by atoms with Crippen molar-refractivity contribution in [2.45, 2.75) is 31.7 Å². The summed E-state index contributed by atoms with van der Waals surface area (Å²) in [7, 11) is 1.65. The van der Waals surface area contributed by atoms with Crippen LogP contribution in [0.4, 0.5) is 0 Å². The molecule has 3 aromatic rings. The number of thiazole rings is 1. The van der Waals surface area contributed by atoms with Crippen molar-refractivity contribution in [2.24, 2.45) is 5.92 Å². The van der Waals surface area contributed by atoms with Gasteiger partial charge in [-0.15, -0.1) is 21.5 Å². The number of piperidine rings is 1. The SMILES string of the molecule is COc1cccc(-c2nnc(SCC(=O)N3CCC(C)CC3)c3nc(C)sc23)c1. The van der Waals surface area contributed by atoms with E-state index in [1.807, 2.05) is 36.1 Å². The Morgan fingerprint density at radius 1 is 1.31 bits per heavy atom. The van der Waals surface area contributed by atoms with Crippen LogP contribution in [0.3, 0.4) is 0 Å². The molecule has 29 heavy (non-hydrogen) atoms. The lowest BCUT2D eigenvalue weighted by Crippen LogP contribution is -2.38. The van der Waals surface area contributed by atoms with E-state index >= 15 is 0 Å². The van der Waals surface area contributed by atoms with Crippen molar-refractivity contribution in [1.82, 2.24) is 20.1 Å². The maximum Gasteiger partial charge on any atom is 0.232 e. The molecule has 4 rings (SSSR count). The predicted octanol–water partition coefficient (Wildman–Crippen LogP) is 4.42. The van der Waals surface area contributed by atoms with E-state index in [2.05, 4.69) is 22.1 Å². The first-order valence-corrected chi connectivity index (χ1v) is 11.5. The van der Waals surface area contributed by atoms with Gasteiger partial charge in [-0.2, -0.15) is 0 Å². The standard InChI is InChI=1S/C21H24N4O2S2/c1-13-7-9-25(10-8-13)17(26)12-28-21-19-20(29-14(2)22-19)18(23-24-21)15-5-4-6-16(11-15)27-3/h4-6,11,13H,7-10,12H2,1-3H3.